The lowest BCUT2D eigenvalue weighted by molar-refractivity contribution is -0.326. The zero-order valence-electron chi connectivity index (χ0n) is 14.4. The monoisotopic (exact) mass is 352 g/mol. The summed E-state index contributed by atoms with van der Waals surface area (Å²) in [5.41, 5.74) is 0. The minimum atomic E-state index is -1.31. The smallest absolute Gasteiger partial charge is 0.186 e. The van der Waals surface area contributed by atoms with Crippen molar-refractivity contribution in [3.05, 3.63) is 0 Å². The number of aliphatic hydroxyl groups is 3. The highest BCUT2D eigenvalue weighted by molar-refractivity contribution is 4.94. The Hall–Kier alpha value is -0.360. The molecule has 3 N–H and O–H groups in total. The van der Waals surface area contributed by atoms with Crippen molar-refractivity contribution in [2.24, 2.45) is 0 Å². The molecule has 2 aliphatic heterocycles. The van der Waals surface area contributed by atoms with E-state index in [9.17, 15) is 15.3 Å². The van der Waals surface area contributed by atoms with Gasteiger partial charge in [-0.25, -0.2) is 0 Å². The van der Waals surface area contributed by atoms with Gasteiger partial charge in [-0.2, -0.15) is 0 Å². The largest absolute Gasteiger partial charge is 0.387 e. The van der Waals surface area contributed by atoms with E-state index in [0.29, 0.717) is 0 Å². The standard InChI is InChI=1S/C15H28O9/c1-7-13(21-4)14(11(17)9(23-7)5-19-2)24-15-12(18)10(16)8(20-3)6-22-15/h7-18H,5-6H2,1-4H3. The van der Waals surface area contributed by atoms with Gasteiger partial charge in [0.25, 0.3) is 0 Å². The summed E-state index contributed by atoms with van der Waals surface area (Å²) in [6, 6.07) is 0. The number of rotatable bonds is 6. The first-order valence-electron chi connectivity index (χ1n) is 7.95. The van der Waals surface area contributed by atoms with Crippen molar-refractivity contribution in [3.63, 3.8) is 0 Å². The maximum atomic E-state index is 10.5. The van der Waals surface area contributed by atoms with Crippen LogP contribution in [0.3, 0.4) is 0 Å². The van der Waals surface area contributed by atoms with E-state index in [4.69, 9.17) is 28.4 Å². The molecule has 2 aliphatic rings. The molecule has 2 rings (SSSR count). The van der Waals surface area contributed by atoms with Crippen LogP contribution in [0.25, 0.3) is 0 Å². The fraction of sp³-hybridized carbons (Fsp3) is 1.00. The van der Waals surface area contributed by atoms with Gasteiger partial charge in [0.1, 0.15) is 42.7 Å². The van der Waals surface area contributed by atoms with Crippen LogP contribution in [-0.2, 0) is 28.4 Å². The molecule has 0 aliphatic carbocycles. The van der Waals surface area contributed by atoms with Crippen LogP contribution in [0, 0.1) is 0 Å². The van der Waals surface area contributed by atoms with E-state index in [2.05, 4.69) is 0 Å². The van der Waals surface area contributed by atoms with Crippen LogP contribution in [0.5, 0.6) is 0 Å². The summed E-state index contributed by atoms with van der Waals surface area (Å²) < 4.78 is 32.4. The summed E-state index contributed by atoms with van der Waals surface area (Å²) in [6.45, 7) is 2.05. The van der Waals surface area contributed by atoms with Gasteiger partial charge in [-0.05, 0) is 6.92 Å². The van der Waals surface area contributed by atoms with Crippen molar-refractivity contribution in [1.82, 2.24) is 0 Å². The van der Waals surface area contributed by atoms with Gasteiger partial charge in [0, 0.05) is 21.3 Å². The SMILES string of the molecule is COCC1OC(C)C(OC)C(OC2OCC(OC)C(O)C2O)C1O. The summed E-state index contributed by atoms with van der Waals surface area (Å²) in [4.78, 5) is 0. The Morgan fingerprint density at radius 3 is 2.25 bits per heavy atom. The van der Waals surface area contributed by atoms with Crippen LogP contribution in [0.1, 0.15) is 6.92 Å². The molecule has 142 valence electrons. The third-order valence-electron chi connectivity index (χ3n) is 4.52. The molecule has 2 fully saturated rings. The molecule has 0 saturated carbocycles. The molecular weight excluding hydrogens is 324 g/mol. The Labute approximate surface area is 141 Å². The molecule has 24 heavy (non-hydrogen) atoms. The molecule has 9 nitrogen and oxygen atoms in total. The molecule has 9 atom stereocenters. The Balaban J connectivity index is 2.09. The van der Waals surface area contributed by atoms with E-state index >= 15 is 0 Å². The van der Waals surface area contributed by atoms with E-state index in [1.165, 1.54) is 21.3 Å². The van der Waals surface area contributed by atoms with E-state index in [1.807, 2.05) is 0 Å². The van der Waals surface area contributed by atoms with Gasteiger partial charge in [0.2, 0.25) is 0 Å². The topological polar surface area (TPSA) is 116 Å². The Kier molecular flexibility index (Phi) is 7.35. The lowest BCUT2D eigenvalue weighted by Gasteiger charge is -2.45. The van der Waals surface area contributed by atoms with E-state index in [0.717, 1.165) is 0 Å². The molecule has 9 heteroatoms. The molecule has 2 saturated heterocycles. The summed E-state index contributed by atoms with van der Waals surface area (Å²) in [7, 11) is 4.41. The quantitative estimate of drug-likeness (QED) is 0.513. The Bertz CT molecular complexity index is 382. The van der Waals surface area contributed by atoms with E-state index in [-0.39, 0.29) is 19.3 Å². The number of methoxy groups -OCH3 is 3. The molecule has 0 aromatic carbocycles. The van der Waals surface area contributed by atoms with Crippen molar-refractivity contribution in [2.45, 2.75) is 62.0 Å². The molecule has 0 bridgehead atoms. The van der Waals surface area contributed by atoms with Crippen LogP contribution in [0.15, 0.2) is 0 Å². The van der Waals surface area contributed by atoms with Crippen LogP contribution in [0.4, 0.5) is 0 Å². The van der Waals surface area contributed by atoms with Gasteiger partial charge in [0.15, 0.2) is 6.29 Å². The first kappa shape index (κ1) is 20.0. The van der Waals surface area contributed by atoms with Gasteiger partial charge < -0.3 is 43.7 Å². The molecule has 9 unspecified atom stereocenters. The summed E-state index contributed by atoms with van der Waals surface area (Å²) in [5, 5.41) is 30.8. The van der Waals surface area contributed by atoms with Crippen molar-refractivity contribution in [1.29, 1.82) is 0 Å². The van der Waals surface area contributed by atoms with Crippen molar-refractivity contribution >= 4 is 0 Å². The van der Waals surface area contributed by atoms with Gasteiger partial charge in [0.05, 0.1) is 19.3 Å². The number of ether oxygens (including phenoxy) is 6. The first-order chi connectivity index (χ1) is 11.4. The highest BCUT2D eigenvalue weighted by Gasteiger charge is 2.48. The minimum absolute atomic E-state index is 0.0629. The normalized spacial score (nSPS) is 46.9. The molecule has 0 amide bonds. The third kappa shape index (κ3) is 4.06. The second kappa shape index (κ2) is 8.84. The molecule has 0 spiro atoms. The summed E-state index contributed by atoms with van der Waals surface area (Å²) >= 11 is 0. The van der Waals surface area contributed by atoms with Gasteiger partial charge >= 0.3 is 0 Å². The second-order valence-corrected chi connectivity index (χ2v) is 6.08. The zero-order chi connectivity index (χ0) is 17.9. The molecule has 0 aromatic heterocycles. The predicted octanol–water partition coefficient (Wildman–Crippen LogP) is -1.73. The molecule has 0 radical (unpaired) electrons. The first-order valence-corrected chi connectivity index (χ1v) is 7.95. The Morgan fingerprint density at radius 1 is 0.958 bits per heavy atom. The van der Waals surface area contributed by atoms with Gasteiger partial charge in [-0.1, -0.05) is 0 Å². The maximum Gasteiger partial charge on any atom is 0.186 e. The second-order valence-electron chi connectivity index (χ2n) is 6.08. The van der Waals surface area contributed by atoms with Crippen LogP contribution < -0.4 is 0 Å². The third-order valence-corrected chi connectivity index (χ3v) is 4.52. The lowest BCUT2D eigenvalue weighted by atomic mass is 9.95. The molecule has 0 aromatic rings. The van der Waals surface area contributed by atoms with Crippen LogP contribution in [-0.4, -0.2) is 105 Å². The summed E-state index contributed by atoms with van der Waals surface area (Å²) in [5.74, 6) is 0. The average Bonchev–Trinajstić information content (AvgIpc) is 2.56. The van der Waals surface area contributed by atoms with Gasteiger partial charge in [-0.15, -0.1) is 0 Å². The number of hydrogen-bond acceptors (Lipinski definition) is 9. The van der Waals surface area contributed by atoms with Crippen molar-refractivity contribution in [3.8, 4) is 0 Å². The number of hydrogen-bond donors (Lipinski definition) is 3. The fourth-order valence-corrected chi connectivity index (χ4v) is 3.14. The van der Waals surface area contributed by atoms with Gasteiger partial charge in [-0.3, -0.25) is 0 Å². The fourth-order valence-electron chi connectivity index (χ4n) is 3.14. The number of aliphatic hydroxyl groups excluding tert-OH is 3. The van der Waals surface area contributed by atoms with Crippen LogP contribution >= 0.6 is 0 Å². The van der Waals surface area contributed by atoms with Crippen molar-refractivity contribution < 1.29 is 43.7 Å². The van der Waals surface area contributed by atoms with E-state index in [1.54, 1.807) is 6.92 Å². The Morgan fingerprint density at radius 2 is 1.67 bits per heavy atom. The molecule has 2 heterocycles. The summed E-state index contributed by atoms with van der Waals surface area (Å²) in [6.07, 6.45) is -7.61. The highest BCUT2D eigenvalue weighted by atomic mass is 16.7. The lowest BCUT2D eigenvalue weighted by Crippen LogP contribution is -2.63. The average molecular weight is 352 g/mol. The zero-order valence-corrected chi connectivity index (χ0v) is 14.4. The van der Waals surface area contributed by atoms with E-state index < -0.39 is 49.0 Å². The minimum Gasteiger partial charge on any atom is -0.387 e. The van der Waals surface area contributed by atoms with Crippen molar-refractivity contribution in [2.75, 3.05) is 34.5 Å². The van der Waals surface area contributed by atoms with Crippen LogP contribution in [0.2, 0.25) is 0 Å². The predicted molar refractivity (Wildman–Crippen MR) is 80.4 cm³/mol. The maximum absolute atomic E-state index is 10.5. The molecular formula is C15H28O9. The highest BCUT2D eigenvalue weighted by Crippen LogP contribution is 2.29.